The first-order valence-corrected chi connectivity index (χ1v) is 8.52. The molecule has 0 atom stereocenters. The Morgan fingerprint density at radius 1 is 1.09 bits per heavy atom. The molecule has 23 heavy (non-hydrogen) atoms. The van der Waals surface area contributed by atoms with E-state index in [1.807, 2.05) is 37.4 Å². The van der Waals surface area contributed by atoms with E-state index in [9.17, 15) is 0 Å². The molecule has 0 bridgehead atoms. The van der Waals surface area contributed by atoms with Gasteiger partial charge in [-0.3, -0.25) is 0 Å². The molecule has 6 heteroatoms. The van der Waals surface area contributed by atoms with Crippen molar-refractivity contribution >= 4 is 23.4 Å². The summed E-state index contributed by atoms with van der Waals surface area (Å²) in [7, 11) is 1.89. The lowest BCUT2D eigenvalue weighted by molar-refractivity contribution is 0.298. The normalized spacial score (nSPS) is 10.7. The molecule has 0 aliphatic heterocycles. The molecule has 3 aromatic rings. The van der Waals surface area contributed by atoms with Gasteiger partial charge in [0.05, 0.1) is 0 Å². The van der Waals surface area contributed by atoms with Crippen molar-refractivity contribution in [3.63, 3.8) is 0 Å². The molecule has 0 saturated carbocycles. The zero-order valence-corrected chi connectivity index (χ0v) is 14.2. The Hall–Kier alpha value is -1.98. The first kappa shape index (κ1) is 15.9. The molecule has 0 spiro atoms. The van der Waals surface area contributed by atoms with Gasteiger partial charge in [0.2, 0.25) is 0 Å². The van der Waals surface area contributed by atoms with Gasteiger partial charge >= 0.3 is 0 Å². The summed E-state index contributed by atoms with van der Waals surface area (Å²) in [6, 6.07) is 17.6. The molecule has 118 valence electrons. The number of hydrogen-bond acceptors (Lipinski definition) is 4. The number of halogens is 1. The maximum Gasteiger partial charge on any atom is 0.135 e. The lowest BCUT2D eigenvalue weighted by atomic mass is 10.2. The molecule has 0 aliphatic carbocycles. The van der Waals surface area contributed by atoms with Crippen LogP contribution < -0.4 is 4.74 Å². The third-order valence-electron chi connectivity index (χ3n) is 3.25. The molecule has 4 nitrogen and oxygen atoms in total. The average Bonchev–Trinajstić information content (AvgIpc) is 2.93. The molecule has 0 saturated heterocycles. The van der Waals surface area contributed by atoms with Crippen LogP contribution in [0.5, 0.6) is 5.75 Å². The van der Waals surface area contributed by atoms with E-state index in [1.54, 1.807) is 28.6 Å². The molecule has 0 fully saturated rings. The molecule has 1 heterocycles. The fourth-order valence-electron chi connectivity index (χ4n) is 2.07. The van der Waals surface area contributed by atoms with Gasteiger partial charge in [-0.05, 0) is 29.8 Å². The van der Waals surface area contributed by atoms with Crippen LogP contribution in [0.4, 0.5) is 0 Å². The van der Waals surface area contributed by atoms with Crippen LogP contribution in [0.3, 0.4) is 0 Å². The summed E-state index contributed by atoms with van der Waals surface area (Å²) in [5.74, 6) is 1.63. The van der Waals surface area contributed by atoms with Crippen molar-refractivity contribution in [2.45, 2.75) is 17.4 Å². The van der Waals surface area contributed by atoms with E-state index in [-0.39, 0.29) is 0 Å². The summed E-state index contributed by atoms with van der Waals surface area (Å²) in [6.07, 6.45) is 0. The molecule has 3 rings (SSSR count). The van der Waals surface area contributed by atoms with E-state index in [2.05, 4.69) is 22.4 Å². The van der Waals surface area contributed by atoms with Crippen molar-refractivity contribution in [3.8, 4) is 5.75 Å². The minimum atomic E-state index is 0.382. The van der Waals surface area contributed by atoms with Crippen LogP contribution in [0, 0.1) is 0 Å². The van der Waals surface area contributed by atoms with Gasteiger partial charge in [-0.1, -0.05) is 58.9 Å². The fraction of sp³-hybridized carbons (Fsp3) is 0.176. The third-order valence-corrected chi connectivity index (χ3v) is 4.75. The Morgan fingerprint density at radius 3 is 2.57 bits per heavy atom. The van der Waals surface area contributed by atoms with E-state index in [4.69, 9.17) is 16.3 Å². The number of aromatic nitrogens is 3. The van der Waals surface area contributed by atoms with Crippen molar-refractivity contribution in [2.24, 2.45) is 7.05 Å². The number of benzene rings is 2. The SMILES string of the molecule is Cn1nnc(COc2ccc(Cl)cc2)c1SCc1ccccc1. The number of hydrogen-bond donors (Lipinski definition) is 0. The van der Waals surface area contributed by atoms with E-state index < -0.39 is 0 Å². The Bertz CT molecular complexity index is 759. The van der Waals surface area contributed by atoms with Crippen LogP contribution in [0.1, 0.15) is 11.3 Å². The van der Waals surface area contributed by atoms with Crippen LogP contribution in [0.15, 0.2) is 59.6 Å². The number of aryl methyl sites for hydroxylation is 1. The fourth-order valence-corrected chi connectivity index (χ4v) is 3.18. The van der Waals surface area contributed by atoms with E-state index in [0.29, 0.717) is 11.6 Å². The van der Waals surface area contributed by atoms with E-state index >= 15 is 0 Å². The summed E-state index contributed by atoms with van der Waals surface area (Å²) >= 11 is 7.58. The van der Waals surface area contributed by atoms with Gasteiger partial charge in [0.25, 0.3) is 0 Å². The standard InChI is InChI=1S/C17H16ClN3OS/c1-21-17(23-12-13-5-3-2-4-6-13)16(19-20-21)11-22-15-9-7-14(18)8-10-15/h2-10H,11-12H2,1H3. The van der Waals surface area contributed by atoms with Gasteiger partial charge in [-0.2, -0.15) is 0 Å². The molecule has 0 N–H and O–H groups in total. The lowest BCUT2D eigenvalue weighted by Gasteiger charge is -2.07. The zero-order chi connectivity index (χ0) is 16.1. The Kier molecular flexibility index (Phi) is 5.20. The van der Waals surface area contributed by atoms with E-state index in [1.165, 1.54) is 5.56 Å². The highest BCUT2D eigenvalue weighted by Crippen LogP contribution is 2.25. The zero-order valence-electron chi connectivity index (χ0n) is 12.6. The number of nitrogens with zero attached hydrogens (tertiary/aromatic N) is 3. The number of rotatable bonds is 6. The second-order valence-electron chi connectivity index (χ2n) is 4.98. The minimum Gasteiger partial charge on any atom is -0.487 e. The van der Waals surface area contributed by atoms with Crippen molar-refractivity contribution in [1.29, 1.82) is 0 Å². The smallest absolute Gasteiger partial charge is 0.135 e. The monoisotopic (exact) mass is 345 g/mol. The Morgan fingerprint density at radius 2 is 1.83 bits per heavy atom. The lowest BCUT2D eigenvalue weighted by Crippen LogP contribution is -1.99. The quantitative estimate of drug-likeness (QED) is 0.623. The second kappa shape index (κ2) is 7.53. The first-order valence-electron chi connectivity index (χ1n) is 7.16. The van der Waals surface area contributed by atoms with Gasteiger partial charge < -0.3 is 4.74 Å². The maximum atomic E-state index is 5.87. The highest BCUT2D eigenvalue weighted by atomic mass is 35.5. The average molecular weight is 346 g/mol. The predicted octanol–water partition coefficient (Wildman–Crippen LogP) is 4.34. The summed E-state index contributed by atoms with van der Waals surface area (Å²) in [4.78, 5) is 0. The van der Waals surface area contributed by atoms with Gasteiger partial charge in [0.1, 0.15) is 23.1 Å². The molecular weight excluding hydrogens is 330 g/mol. The highest BCUT2D eigenvalue weighted by Gasteiger charge is 2.12. The third kappa shape index (κ3) is 4.27. The predicted molar refractivity (Wildman–Crippen MR) is 92.8 cm³/mol. The highest BCUT2D eigenvalue weighted by molar-refractivity contribution is 7.98. The van der Waals surface area contributed by atoms with Crippen molar-refractivity contribution in [3.05, 3.63) is 70.9 Å². The Balaban J connectivity index is 1.65. The molecular formula is C17H16ClN3OS. The molecule has 0 radical (unpaired) electrons. The van der Waals surface area contributed by atoms with Gasteiger partial charge in [-0.25, -0.2) is 4.68 Å². The van der Waals surface area contributed by atoms with Crippen LogP contribution in [0.25, 0.3) is 0 Å². The topological polar surface area (TPSA) is 39.9 Å². The van der Waals surface area contributed by atoms with Gasteiger partial charge in [-0.15, -0.1) is 5.10 Å². The minimum absolute atomic E-state index is 0.382. The van der Waals surface area contributed by atoms with Crippen LogP contribution >= 0.6 is 23.4 Å². The largest absolute Gasteiger partial charge is 0.487 e. The second-order valence-corrected chi connectivity index (χ2v) is 6.38. The Labute approximate surface area is 144 Å². The van der Waals surface area contributed by atoms with Crippen molar-refractivity contribution in [2.75, 3.05) is 0 Å². The summed E-state index contributed by atoms with van der Waals surface area (Å²) in [6.45, 7) is 0.382. The molecule has 2 aromatic carbocycles. The van der Waals surface area contributed by atoms with Gasteiger partial charge in [0.15, 0.2) is 0 Å². The first-order chi connectivity index (χ1) is 11.2. The number of thioether (sulfide) groups is 1. The number of ether oxygens (including phenoxy) is 1. The summed E-state index contributed by atoms with van der Waals surface area (Å²) in [5.41, 5.74) is 2.10. The molecule has 0 unspecified atom stereocenters. The molecule has 0 amide bonds. The van der Waals surface area contributed by atoms with Crippen molar-refractivity contribution < 1.29 is 4.74 Å². The van der Waals surface area contributed by atoms with Crippen LogP contribution in [-0.4, -0.2) is 15.0 Å². The van der Waals surface area contributed by atoms with Crippen LogP contribution in [-0.2, 0) is 19.4 Å². The summed E-state index contributed by atoms with van der Waals surface area (Å²) < 4.78 is 7.55. The van der Waals surface area contributed by atoms with Crippen LogP contribution in [0.2, 0.25) is 5.02 Å². The molecule has 1 aromatic heterocycles. The van der Waals surface area contributed by atoms with E-state index in [0.717, 1.165) is 22.2 Å². The molecule has 0 aliphatic rings. The van der Waals surface area contributed by atoms with Crippen molar-refractivity contribution in [1.82, 2.24) is 15.0 Å². The van der Waals surface area contributed by atoms with Gasteiger partial charge in [0, 0.05) is 17.8 Å². The maximum absolute atomic E-state index is 5.87. The summed E-state index contributed by atoms with van der Waals surface area (Å²) in [5, 5.41) is 10.0.